The van der Waals surface area contributed by atoms with Crippen molar-refractivity contribution in [2.45, 2.75) is 18.9 Å². The van der Waals surface area contributed by atoms with Crippen LogP contribution in [-0.2, 0) is 13.5 Å². The highest BCUT2D eigenvalue weighted by Gasteiger charge is 2.11. The van der Waals surface area contributed by atoms with Crippen molar-refractivity contribution in [3.63, 3.8) is 0 Å². The predicted molar refractivity (Wildman–Crippen MR) is 70.6 cm³/mol. The van der Waals surface area contributed by atoms with Crippen molar-refractivity contribution in [3.8, 4) is 0 Å². The van der Waals surface area contributed by atoms with Gasteiger partial charge in [0.05, 0.1) is 12.3 Å². The van der Waals surface area contributed by atoms with Crippen LogP contribution in [-0.4, -0.2) is 14.9 Å². The van der Waals surface area contributed by atoms with E-state index in [2.05, 4.69) is 21.0 Å². The molecule has 0 radical (unpaired) electrons. The summed E-state index contributed by atoms with van der Waals surface area (Å²) in [5, 5.41) is 14.2. The molecule has 3 nitrogen and oxygen atoms in total. The van der Waals surface area contributed by atoms with E-state index >= 15 is 0 Å². The molecule has 1 N–H and O–H groups in total. The first-order valence-corrected chi connectivity index (χ1v) is 6.36. The van der Waals surface area contributed by atoms with Crippen LogP contribution in [0.15, 0.2) is 41.1 Å². The van der Waals surface area contributed by atoms with E-state index in [1.165, 1.54) is 0 Å². The average molecular weight is 295 g/mol. The molecule has 1 aromatic heterocycles. The number of benzene rings is 1. The Hall–Kier alpha value is -1.13. The summed E-state index contributed by atoms with van der Waals surface area (Å²) in [6.07, 6.45) is 4.91. The van der Waals surface area contributed by atoms with Crippen molar-refractivity contribution in [1.82, 2.24) is 9.78 Å². The standard InChI is InChI=1S/C13H15BrN2O/c1-16-9-10(8-15-16)6-7-13(17)11-4-2-3-5-12(11)14/h2-5,8-9,13,17H,6-7H2,1H3. The molecule has 2 rings (SSSR count). The van der Waals surface area contributed by atoms with Gasteiger partial charge in [0.25, 0.3) is 0 Å². The van der Waals surface area contributed by atoms with Crippen LogP contribution >= 0.6 is 15.9 Å². The van der Waals surface area contributed by atoms with Crippen molar-refractivity contribution in [2.24, 2.45) is 7.05 Å². The first kappa shape index (κ1) is 12.3. The number of aryl methyl sites for hydroxylation is 2. The molecule has 0 bridgehead atoms. The number of rotatable bonds is 4. The molecule has 0 aliphatic heterocycles. The molecule has 4 heteroatoms. The second-order valence-corrected chi connectivity index (χ2v) is 4.95. The van der Waals surface area contributed by atoms with Crippen LogP contribution in [0.2, 0.25) is 0 Å². The molecule has 1 atom stereocenters. The summed E-state index contributed by atoms with van der Waals surface area (Å²) in [6, 6.07) is 7.77. The molecule has 1 heterocycles. The molecule has 1 aromatic carbocycles. The van der Waals surface area contributed by atoms with E-state index in [0.717, 1.165) is 22.0 Å². The fourth-order valence-corrected chi connectivity index (χ4v) is 2.35. The highest BCUT2D eigenvalue weighted by molar-refractivity contribution is 9.10. The number of nitrogens with zero attached hydrogens (tertiary/aromatic N) is 2. The van der Waals surface area contributed by atoms with E-state index in [9.17, 15) is 5.11 Å². The number of aliphatic hydroxyl groups excluding tert-OH is 1. The van der Waals surface area contributed by atoms with Gasteiger partial charge < -0.3 is 5.11 Å². The number of hydrogen-bond donors (Lipinski definition) is 1. The van der Waals surface area contributed by atoms with Crippen LogP contribution in [0.5, 0.6) is 0 Å². The molecular formula is C13H15BrN2O. The Morgan fingerprint density at radius 3 is 2.82 bits per heavy atom. The molecule has 0 saturated heterocycles. The lowest BCUT2D eigenvalue weighted by atomic mass is 10.0. The van der Waals surface area contributed by atoms with Crippen LogP contribution in [0.3, 0.4) is 0 Å². The first-order chi connectivity index (χ1) is 8.16. The van der Waals surface area contributed by atoms with Gasteiger partial charge in [-0.25, -0.2) is 0 Å². The van der Waals surface area contributed by atoms with Gasteiger partial charge in [-0.1, -0.05) is 34.1 Å². The van der Waals surface area contributed by atoms with Crippen LogP contribution in [0.4, 0.5) is 0 Å². The molecule has 0 spiro atoms. The third kappa shape index (κ3) is 3.17. The highest BCUT2D eigenvalue weighted by Crippen LogP contribution is 2.26. The first-order valence-electron chi connectivity index (χ1n) is 5.57. The van der Waals surface area contributed by atoms with Crippen molar-refractivity contribution in [1.29, 1.82) is 0 Å². The van der Waals surface area contributed by atoms with E-state index in [1.807, 2.05) is 43.7 Å². The zero-order valence-electron chi connectivity index (χ0n) is 9.68. The number of halogens is 1. The highest BCUT2D eigenvalue weighted by atomic mass is 79.9. The molecule has 2 aromatic rings. The SMILES string of the molecule is Cn1cc(CCC(O)c2ccccc2Br)cn1. The maximum absolute atomic E-state index is 10.1. The largest absolute Gasteiger partial charge is 0.388 e. The van der Waals surface area contributed by atoms with Crippen LogP contribution in [0.1, 0.15) is 23.7 Å². The summed E-state index contributed by atoms with van der Waals surface area (Å²) >= 11 is 3.45. The molecule has 17 heavy (non-hydrogen) atoms. The van der Waals surface area contributed by atoms with Crippen LogP contribution in [0, 0.1) is 0 Å². The van der Waals surface area contributed by atoms with E-state index in [1.54, 1.807) is 4.68 Å². The van der Waals surface area contributed by atoms with Gasteiger partial charge in [0.1, 0.15) is 0 Å². The van der Waals surface area contributed by atoms with Crippen LogP contribution in [0.25, 0.3) is 0 Å². The molecule has 0 aliphatic carbocycles. The Bertz CT molecular complexity index is 496. The average Bonchev–Trinajstić information content (AvgIpc) is 2.73. The molecule has 0 aliphatic rings. The Kier molecular flexibility index (Phi) is 3.97. The summed E-state index contributed by atoms with van der Waals surface area (Å²) in [4.78, 5) is 0. The molecule has 0 saturated carbocycles. The third-order valence-electron chi connectivity index (χ3n) is 2.73. The van der Waals surface area contributed by atoms with Crippen molar-refractivity contribution in [3.05, 3.63) is 52.3 Å². The Morgan fingerprint density at radius 1 is 1.41 bits per heavy atom. The van der Waals surface area contributed by atoms with Crippen molar-refractivity contribution >= 4 is 15.9 Å². The Labute approximate surface area is 109 Å². The smallest absolute Gasteiger partial charge is 0.0804 e. The van der Waals surface area contributed by atoms with E-state index in [0.29, 0.717) is 6.42 Å². The third-order valence-corrected chi connectivity index (χ3v) is 3.45. The van der Waals surface area contributed by atoms with E-state index in [4.69, 9.17) is 0 Å². The zero-order chi connectivity index (χ0) is 12.3. The summed E-state index contributed by atoms with van der Waals surface area (Å²) in [5.41, 5.74) is 2.09. The number of aliphatic hydroxyl groups is 1. The minimum atomic E-state index is -0.439. The normalized spacial score (nSPS) is 12.6. The Morgan fingerprint density at radius 2 is 2.18 bits per heavy atom. The second kappa shape index (κ2) is 5.47. The topological polar surface area (TPSA) is 38.0 Å². The molecule has 90 valence electrons. The lowest BCUT2D eigenvalue weighted by molar-refractivity contribution is 0.167. The van der Waals surface area contributed by atoms with Gasteiger partial charge in [-0.3, -0.25) is 4.68 Å². The van der Waals surface area contributed by atoms with Gasteiger partial charge in [0, 0.05) is 17.7 Å². The minimum absolute atomic E-state index is 0.439. The summed E-state index contributed by atoms with van der Waals surface area (Å²) in [7, 11) is 1.90. The summed E-state index contributed by atoms with van der Waals surface area (Å²) < 4.78 is 2.74. The number of hydrogen-bond acceptors (Lipinski definition) is 2. The second-order valence-electron chi connectivity index (χ2n) is 4.10. The monoisotopic (exact) mass is 294 g/mol. The molecule has 1 unspecified atom stereocenters. The van der Waals surface area contributed by atoms with Gasteiger partial charge >= 0.3 is 0 Å². The quantitative estimate of drug-likeness (QED) is 0.942. The van der Waals surface area contributed by atoms with Gasteiger partial charge in [-0.2, -0.15) is 5.10 Å². The van der Waals surface area contributed by atoms with Gasteiger partial charge in [0.15, 0.2) is 0 Å². The Balaban J connectivity index is 1.98. The lowest BCUT2D eigenvalue weighted by Gasteiger charge is -2.11. The minimum Gasteiger partial charge on any atom is -0.388 e. The van der Waals surface area contributed by atoms with E-state index < -0.39 is 6.10 Å². The summed E-state index contributed by atoms with van der Waals surface area (Å²) in [6.45, 7) is 0. The van der Waals surface area contributed by atoms with Gasteiger partial charge in [-0.15, -0.1) is 0 Å². The fraction of sp³-hybridized carbons (Fsp3) is 0.308. The van der Waals surface area contributed by atoms with Gasteiger partial charge in [-0.05, 0) is 30.0 Å². The number of aromatic nitrogens is 2. The zero-order valence-corrected chi connectivity index (χ0v) is 11.3. The molecule has 0 fully saturated rings. The van der Waals surface area contributed by atoms with E-state index in [-0.39, 0.29) is 0 Å². The predicted octanol–water partition coefficient (Wildman–Crippen LogP) is 2.85. The fourth-order valence-electron chi connectivity index (χ4n) is 1.81. The van der Waals surface area contributed by atoms with Gasteiger partial charge in [0.2, 0.25) is 0 Å². The van der Waals surface area contributed by atoms with Crippen LogP contribution < -0.4 is 0 Å². The summed E-state index contributed by atoms with van der Waals surface area (Å²) in [5.74, 6) is 0. The van der Waals surface area contributed by atoms with Crippen molar-refractivity contribution in [2.75, 3.05) is 0 Å². The lowest BCUT2D eigenvalue weighted by Crippen LogP contribution is -2.00. The van der Waals surface area contributed by atoms with Crippen molar-refractivity contribution < 1.29 is 5.11 Å². The maximum atomic E-state index is 10.1. The maximum Gasteiger partial charge on any atom is 0.0804 e. The molecule has 0 amide bonds. The molecular weight excluding hydrogens is 280 g/mol.